The average molecular weight is 318 g/mol. The Morgan fingerprint density at radius 1 is 1.30 bits per heavy atom. The highest BCUT2D eigenvalue weighted by Crippen LogP contribution is 2.31. The van der Waals surface area contributed by atoms with E-state index < -0.39 is 4.92 Å². The third kappa shape index (κ3) is 3.61. The van der Waals surface area contributed by atoms with Crippen LogP contribution in [0.5, 0.6) is 0 Å². The van der Waals surface area contributed by atoms with Crippen molar-refractivity contribution >= 4 is 17.3 Å². The number of nitrogens with zero attached hydrogens (tertiary/aromatic N) is 2. The molecule has 3 rings (SSSR count). The van der Waals surface area contributed by atoms with E-state index in [0.29, 0.717) is 11.3 Å². The van der Waals surface area contributed by atoms with E-state index >= 15 is 0 Å². The van der Waals surface area contributed by atoms with Crippen LogP contribution in [0.2, 0.25) is 0 Å². The van der Waals surface area contributed by atoms with Crippen LogP contribution < -0.4 is 15.5 Å². The molecule has 0 bridgehead atoms. The van der Waals surface area contributed by atoms with Gasteiger partial charge in [-0.3, -0.25) is 14.9 Å². The lowest BCUT2D eigenvalue weighted by molar-refractivity contribution is -0.384. The minimum absolute atomic E-state index is 0.0151. The standard InChI is InChI=1S/C16H22N4O3/c21-16(18-13-4-3-7-17-11-13)12-5-6-14(15(10-12)20(22)23)19-8-1-2-9-19/h5-6,10,13,17H,1-4,7-9,11H2,(H,18,21)/t13-/m0/s1. The molecule has 1 amide bonds. The van der Waals surface area contributed by atoms with Gasteiger partial charge in [0.05, 0.1) is 4.92 Å². The molecule has 0 radical (unpaired) electrons. The summed E-state index contributed by atoms with van der Waals surface area (Å²) in [6, 6.07) is 4.89. The molecule has 124 valence electrons. The molecular weight excluding hydrogens is 296 g/mol. The largest absolute Gasteiger partial charge is 0.366 e. The first-order chi connectivity index (χ1) is 11.1. The van der Waals surface area contributed by atoms with Gasteiger partial charge in [0.15, 0.2) is 0 Å². The molecule has 2 fully saturated rings. The van der Waals surface area contributed by atoms with Crippen LogP contribution in [0.1, 0.15) is 36.0 Å². The minimum atomic E-state index is -0.396. The van der Waals surface area contributed by atoms with Crippen LogP contribution in [0.15, 0.2) is 18.2 Å². The molecule has 2 heterocycles. The lowest BCUT2D eigenvalue weighted by Crippen LogP contribution is -2.45. The van der Waals surface area contributed by atoms with E-state index in [-0.39, 0.29) is 17.6 Å². The average Bonchev–Trinajstić information content (AvgIpc) is 3.09. The molecule has 2 aliphatic heterocycles. The highest BCUT2D eigenvalue weighted by atomic mass is 16.6. The molecule has 0 unspecified atom stereocenters. The third-order valence-electron chi connectivity index (χ3n) is 4.51. The number of anilines is 1. The zero-order chi connectivity index (χ0) is 16.2. The number of carbonyl (C=O) groups excluding carboxylic acids is 1. The van der Waals surface area contributed by atoms with E-state index in [1.807, 2.05) is 4.90 Å². The number of hydrogen-bond donors (Lipinski definition) is 2. The number of piperidine rings is 1. The quantitative estimate of drug-likeness (QED) is 0.651. The topological polar surface area (TPSA) is 87.5 Å². The summed E-state index contributed by atoms with van der Waals surface area (Å²) in [5, 5.41) is 17.6. The van der Waals surface area contributed by atoms with E-state index in [4.69, 9.17) is 0 Å². The van der Waals surface area contributed by atoms with Gasteiger partial charge in [0.25, 0.3) is 11.6 Å². The molecule has 0 spiro atoms. The Morgan fingerprint density at radius 3 is 2.74 bits per heavy atom. The van der Waals surface area contributed by atoms with Gasteiger partial charge in [0, 0.05) is 37.3 Å². The summed E-state index contributed by atoms with van der Waals surface area (Å²) in [6.45, 7) is 3.39. The smallest absolute Gasteiger partial charge is 0.293 e. The summed E-state index contributed by atoms with van der Waals surface area (Å²) in [5.41, 5.74) is 0.981. The fraction of sp³-hybridized carbons (Fsp3) is 0.562. The number of rotatable bonds is 4. The van der Waals surface area contributed by atoms with Crippen molar-refractivity contribution in [2.24, 2.45) is 0 Å². The van der Waals surface area contributed by atoms with E-state index in [9.17, 15) is 14.9 Å². The highest BCUT2D eigenvalue weighted by Gasteiger charge is 2.24. The Labute approximate surface area is 135 Å². The van der Waals surface area contributed by atoms with Crippen LogP contribution in [0.25, 0.3) is 0 Å². The fourth-order valence-electron chi connectivity index (χ4n) is 3.28. The fourth-order valence-corrected chi connectivity index (χ4v) is 3.28. The van der Waals surface area contributed by atoms with E-state index in [2.05, 4.69) is 10.6 Å². The number of nitrogens with one attached hydrogen (secondary N) is 2. The molecule has 7 nitrogen and oxygen atoms in total. The van der Waals surface area contributed by atoms with Crippen molar-refractivity contribution in [3.05, 3.63) is 33.9 Å². The Hall–Kier alpha value is -2.15. The summed E-state index contributed by atoms with van der Waals surface area (Å²) in [4.78, 5) is 25.3. The molecule has 0 saturated carbocycles. The molecule has 2 N–H and O–H groups in total. The first kappa shape index (κ1) is 15.7. The lowest BCUT2D eigenvalue weighted by atomic mass is 10.1. The second-order valence-electron chi connectivity index (χ2n) is 6.17. The predicted molar refractivity (Wildman–Crippen MR) is 87.9 cm³/mol. The number of nitro groups is 1. The normalized spacial score (nSPS) is 21.2. The van der Waals surface area contributed by atoms with Gasteiger partial charge < -0.3 is 15.5 Å². The van der Waals surface area contributed by atoms with Gasteiger partial charge in [-0.05, 0) is 44.4 Å². The number of nitro benzene ring substituents is 1. The Balaban J connectivity index is 1.78. The number of carbonyl (C=O) groups is 1. The van der Waals surface area contributed by atoms with Crippen LogP contribution in [0, 0.1) is 10.1 Å². The molecule has 2 aliphatic rings. The van der Waals surface area contributed by atoms with Gasteiger partial charge in [-0.25, -0.2) is 0 Å². The lowest BCUT2D eigenvalue weighted by Gasteiger charge is -2.24. The summed E-state index contributed by atoms with van der Waals surface area (Å²) in [6.07, 6.45) is 4.06. The van der Waals surface area contributed by atoms with Crippen molar-refractivity contribution < 1.29 is 9.72 Å². The molecule has 2 saturated heterocycles. The van der Waals surface area contributed by atoms with Crippen LogP contribution in [-0.4, -0.2) is 43.1 Å². The summed E-state index contributed by atoms with van der Waals surface area (Å²) >= 11 is 0. The molecular formula is C16H22N4O3. The summed E-state index contributed by atoms with van der Waals surface area (Å²) < 4.78 is 0. The van der Waals surface area contributed by atoms with Crippen LogP contribution >= 0.6 is 0 Å². The van der Waals surface area contributed by atoms with Gasteiger partial charge in [0.2, 0.25) is 0 Å². The van der Waals surface area contributed by atoms with Gasteiger partial charge in [-0.15, -0.1) is 0 Å². The second-order valence-corrected chi connectivity index (χ2v) is 6.17. The molecule has 7 heteroatoms. The molecule has 23 heavy (non-hydrogen) atoms. The third-order valence-corrected chi connectivity index (χ3v) is 4.51. The SMILES string of the molecule is O=C(N[C@H]1CCCNC1)c1ccc(N2CCCC2)c([N+](=O)[O-])c1. The van der Waals surface area contributed by atoms with Crippen LogP contribution in [-0.2, 0) is 0 Å². The van der Waals surface area contributed by atoms with Crippen molar-refractivity contribution in [1.29, 1.82) is 0 Å². The van der Waals surface area contributed by atoms with Gasteiger partial charge in [-0.2, -0.15) is 0 Å². The first-order valence-electron chi connectivity index (χ1n) is 8.20. The zero-order valence-electron chi connectivity index (χ0n) is 13.1. The molecule has 1 aromatic carbocycles. The van der Waals surface area contributed by atoms with Crippen molar-refractivity contribution in [2.45, 2.75) is 31.7 Å². The second kappa shape index (κ2) is 6.95. The number of benzene rings is 1. The van der Waals surface area contributed by atoms with Crippen LogP contribution in [0.4, 0.5) is 11.4 Å². The molecule has 1 atom stereocenters. The zero-order valence-corrected chi connectivity index (χ0v) is 13.1. The monoisotopic (exact) mass is 318 g/mol. The highest BCUT2D eigenvalue weighted by molar-refractivity contribution is 5.96. The Kier molecular flexibility index (Phi) is 4.76. The number of hydrogen-bond acceptors (Lipinski definition) is 5. The number of amides is 1. The molecule has 0 aromatic heterocycles. The maximum absolute atomic E-state index is 12.3. The Morgan fingerprint density at radius 2 is 2.09 bits per heavy atom. The van der Waals surface area contributed by atoms with Gasteiger partial charge >= 0.3 is 0 Å². The van der Waals surface area contributed by atoms with Crippen molar-refractivity contribution in [1.82, 2.24) is 10.6 Å². The van der Waals surface area contributed by atoms with E-state index in [0.717, 1.165) is 51.9 Å². The van der Waals surface area contributed by atoms with E-state index in [1.165, 1.54) is 6.07 Å². The van der Waals surface area contributed by atoms with E-state index in [1.54, 1.807) is 12.1 Å². The van der Waals surface area contributed by atoms with Crippen molar-refractivity contribution in [3.8, 4) is 0 Å². The Bertz CT molecular complexity index is 593. The molecule has 0 aliphatic carbocycles. The van der Waals surface area contributed by atoms with Crippen molar-refractivity contribution in [3.63, 3.8) is 0 Å². The first-order valence-corrected chi connectivity index (χ1v) is 8.20. The predicted octanol–water partition coefficient (Wildman–Crippen LogP) is 1.68. The maximum atomic E-state index is 12.3. The maximum Gasteiger partial charge on any atom is 0.293 e. The van der Waals surface area contributed by atoms with Gasteiger partial charge in [-0.1, -0.05) is 0 Å². The molecule has 1 aromatic rings. The minimum Gasteiger partial charge on any atom is -0.366 e. The van der Waals surface area contributed by atoms with Crippen molar-refractivity contribution in [2.75, 3.05) is 31.1 Å². The summed E-state index contributed by atoms with van der Waals surface area (Å²) in [7, 11) is 0. The summed E-state index contributed by atoms with van der Waals surface area (Å²) in [5.74, 6) is -0.241. The van der Waals surface area contributed by atoms with Crippen LogP contribution in [0.3, 0.4) is 0 Å². The van der Waals surface area contributed by atoms with Gasteiger partial charge in [0.1, 0.15) is 5.69 Å².